The van der Waals surface area contributed by atoms with Crippen LogP contribution < -0.4 is 37.6 Å². The van der Waals surface area contributed by atoms with Crippen molar-refractivity contribution >= 4 is 100 Å². The minimum Gasteiger partial charge on any atom is -0.480 e. The standard InChI is InChI=1S/C81H124N10O17S2/c1-19-51(12)70(64(106-17)42-66(94)91-40-24-28-62(91)73(107-18)53(14)63(92)41-52(13)71(95)55-25-21-20-22-26-55)89(15)78(101)68(47(4)5)88-77(100)69(48(6)7)90(16)81(105)108-43-54-29-35-59(36-30-54)84-75(98)60(27-23-39-83-80(82)104)85-76(99)67(46(2)3)87-65(93)38-37-61(79(102)103)86-74(97)57-33-31-56(32-34-57)72(96)58(44-109-49(8)9)45-110-50(10)11/h20-22,25-26,29-36,46-53,58,60-62,64,67-71,73,95H,19,23-24,27-28,37-45H2,1-18H3,(H,84,98)(H,85,99)(H,86,97)(H,87,93)(H,88,100)(H,102,103)(H3,82,83,104)/t51-,52-,53-,60-,61-,62-,64+,67-,68-,69-,70-,71+,73+/m0/s1. The number of hydrogen-bond acceptors (Lipinski definition) is 18. The van der Waals surface area contributed by atoms with Crippen LogP contribution in [0, 0.1) is 41.4 Å². The number of carbonyl (C=O) groups is 12. The molecule has 1 saturated heterocycles. The van der Waals surface area contributed by atoms with E-state index in [1.54, 1.807) is 125 Å². The second-order valence-electron chi connectivity index (χ2n) is 30.5. The van der Waals surface area contributed by atoms with Gasteiger partial charge in [0, 0.05) is 94.4 Å². The summed E-state index contributed by atoms with van der Waals surface area (Å²) in [4.78, 5) is 168. The van der Waals surface area contributed by atoms with Crippen molar-refractivity contribution in [3.63, 3.8) is 0 Å². The molecule has 0 aliphatic carbocycles. The number of Topliss-reactive ketones (excluding diaryl/α,β-unsaturated/α-hetero) is 2. The predicted octanol–water partition coefficient (Wildman–Crippen LogP) is 9.43. The van der Waals surface area contributed by atoms with E-state index in [4.69, 9.17) is 19.9 Å². The van der Waals surface area contributed by atoms with Gasteiger partial charge in [-0.25, -0.2) is 14.4 Å². The zero-order chi connectivity index (χ0) is 82.4. The van der Waals surface area contributed by atoms with Crippen molar-refractivity contribution in [3.8, 4) is 0 Å². The number of benzene rings is 3. The van der Waals surface area contributed by atoms with Crippen LogP contribution in [0.5, 0.6) is 0 Å². The number of anilines is 1. The summed E-state index contributed by atoms with van der Waals surface area (Å²) >= 11 is 3.39. The Hall–Kier alpha value is -8.12. The van der Waals surface area contributed by atoms with Crippen LogP contribution in [-0.2, 0) is 59.2 Å². The van der Waals surface area contributed by atoms with Crippen molar-refractivity contribution in [1.82, 2.24) is 41.3 Å². The Morgan fingerprint density at radius 3 is 1.79 bits per heavy atom. The minimum atomic E-state index is -1.51. The molecule has 1 aliphatic heterocycles. The monoisotopic (exact) mass is 1570 g/mol. The third-order valence-electron chi connectivity index (χ3n) is 20.2. The Bertz CT molecular complexity index is 3480. The van der Waals surface area contributed by atoms with Crippen molar-refractivity contribution < 1.29 is 82.0 Å². The maximum absolute atomic E-state index is 14.9. The van der Waals surface area contributed by atoms with Gasteiger partial charge < -0.3 is 71.9 Å². The molecule has 4 rings (SSSR count). The molecule has 3 aromatic rings. The Kier molecular flexibility index (Phi) is 40.0. The van der Waals surface area contributed by atoms with Gasteiger partial charge in [-0.1, -0.05) is 158 Å². The summed E-state index contributed by atoms with van der Waals surface area (Å²) in [6.45, 7) is 26.5. The molecule has 612 valence electrons. The summed E-state index contributed by atoms with van der Waals surface area (Å²) in [5, 5.41) is 37.8. The normalized spacial score (nSPS) is 16.3. The van der Waals surface area contributed by atoms with Crippen LogP contribution in [0.15, 0.2) is 78.9 Å². The number of nitrogens with two attached hydrogens (primary N) is 1. The fraction of sp³-hybridized carbons (Fsp3) is 0.630. The second-order valence-corrected chi connectivity index (χ2v) is 33.7. The van der Waals surface area contributed by atoms with Crippen LogP contribution in [0.3, 0.4) is 0 Å². The number of primary amides is 1. The first-order valence-corrected chi connectivity index (χ1v) is 40.5. The number of likely N-dealkylation sites (N-methyl/N-ethyl adjacent to an activating group) is 2. The number of aliphatic hydroxyl groups excluding tert-OH is 1. The molecule has 110 heavy (non-hydrogen) atoms. The van der Waals surface area contributed by atoms with E-state index in [1.807, 2.05) is 51.1 Å². The Morgan fingerprint density at radius 2 is 1.25 bits per heavy atom. The average Bonchev–Trinajstić information content (AvgIpc) is 1.36. The van der Waals surface area contributed by atoms with E-state index in [1.165, 1.54) is 33.4 Å². The van der Waals surface area contributed by atoms with E-state index < -0.39 is 144 Å². The van der Waals surface area contributed by atoms with Gasteiger partial charge in [0.25, 0.3) is 5.91 Å². The van der Waals surface area contributed by atoms with E-state index >= 15 is 0 Å². The number of ether oxygens (including phenoxy) is 3. The fourth-order valence-electron chi connectivity index (χ4n) is 13.5. The van der Waals surface area contributed by atoms with Crippen molar-refractivity contribution in [2.24, 2.45) is 47.2 Å². The van der Waals surface area contributed by atoms with Crippen LogP contribution in [0.25, 0.3) is 0 Å². The SMILES string of the molecule is CC[C@H](C)[C@@H]([C@@H](CC(=O)N1CCC[C@H]1[C@H](OC)[C@@H](C)C(=O)C[C@H](C)[C@@H](O)c1ccccc1)OC)N(C)C(=O)[C@@H](NC(=O)[C@H](C(C)C)N(C)C(=O)OCc1ccc(NC(=O)[C@H](CCCNC(N)=O)NC(=O)[C@@H](NC(=O)CC[C@H](NC(=O)c2ccc(C(=O)C(CSC(C)C)CSC(C)C)cc2)C(=O)O)C(C)C)cc1)C(C)C. The highest BCUT2D eigenvalue weighted by molar-refractivity contribution is 8.00. The van der Waals surface area contributed by atoms with E-state index in [9.17, 15) is 67.7 Å². The van der Waals surface area contributed by atoms with Crippen LogP contribution >= 0.6 is 23.5 Å². The fourth-order valence-corrected chi connectivity index (χ4v) is 15.5. The molecule has 0 spiro atoms. The summed E-state index contributed by atoms with van der Waals surface area (Å²) in [6.07, 6.45) is -1.75. The maximum Gasteiger partial charge on any atom is 0.410 e. The summed E-state index contributed by atoms with van der Waals surface area (Å²) in [5.74, 6) is -7.21. The van der Waals surface area contributed by atoms with E-state index in [-0.39, 0.29) is 91.7 Å². The molecule has 0 radical (unpaired) electrons. The Morgan fingerprint density at radius 1 is 0.655 bits per heavy atom. The lowest BCUT2D eigenvalue weighted by Gasteiger charge is -2.41. The summed E-state index contributed by atoms with van der Waals surface area (Å²) < 4.78 is 17.8. The van der Waals surface area contributed by atoms with Crippen LogP contribution in [-0.4, -0.2) is 214 Å². The topological polar surface area (TPSA) is 381 Å². The molecule has 1 aliphatic rings. The number of carbonyl (C=O) groups excluding carboxylic acids is 11. The molecule has 1 fully saturated rings. The summed E-state index contributed by atoms with van der Waals surface area (Å²) in [5.41, 5.74) is 7.31. The third kappa shape index (κ3) is 29.2. The molecular weight excluding hydrogens is 1450 g/mol. The van der Waals surface area contributed by atoms with Crippen LogP contribution in [0.4, 0.5) is 15.3 Å². The van der Waals surface area contributed by atoms with E-state index in [0.717, 1.165) is 10.5 Å². The van der Waals surface area contributed by atoms with Gasteiger partial charge in [0.2, 0.25) is 35.4 Å². The molecule has 27 nitrogen and oxygen atoms in total. The largest absolute Gasteiger partial charge is 0.480 e. The van der Waals surface area contributed by atoms with Crippen molar-refractivity contribution in [2.45, 2.75) is 232 Å². The Balaban J connectivity index is 1.38. The molecule has 10 N–H and O–H groups in total. The lowest BCUT2D eigenvalue weighted by atomic mass is 9.85. The van der Waals surface area contributed by atoms with Gasteiger partial charge in [-0.3, -0.25) is 48.1 Å². The highest BCUT2D eigenvalue weighted by Gasteiger charge is 2.44. The smallest absolute Gasteiger partial charge is 0.410 e. The number of hydrogen-bond donors (Lipinski definition) is 9. The molecule has 10 amide bonds. The number of thioether (sulfide) groups is 2. The molecule has 0 unspecified atom stereocenters. The number of methoxy groups -OCH3 is 2. The predicted molar refractivity (Wildman–Crippen MR) is 428 cm³/mol. The Labute approximate surface area is 659 Å². The van der Waals surface area contributed by atoms with Gasteiger partial charge in [0.05, 0.1) is 36.8 Å². The number of rotatable bonds is 47. The molecule has 0 bridgehead atoms. The number of ketones is 2. The van der Waals surface area contributed by atoms with Gasteiger partial charge in [0.1, 0.15) is 42.6 Å². The van der Waals surface area contributed by atoms with Gasteiger partial charge in [-0.05, 0) is 108 Å². The molecular formula is C81H124N10O17S2. The molecule has 29 heteroatoms. The second kappa shape index (κ2) is 46.6. The number of carboxylic acids is 1. The number of aliphatic hydroxyl groups is 1. The number of aliphatic carboxylic acids is 1. The lowest BCUT2D eigenvalue weighted by Crippen LogP contribution is -2.60. The van der Waals surface area contributed by atoms with Crippen LogP contribution in [0.2, 0.25) is 0 Å². The lowest BCUT2D eigenvalue weighted by molar-refractivity contribution is -0.148. The molecule has 0 saturated carbocycles. The average molecular weight is 1570 g/mol. The third-order valence-corrected chi connectivity index (χ3v) is 22.7. The minimum absolute atomic E-state index is 0.00103. The summed E-state index contributed by atoms with van der Waals surface area (Å²) in [6, 6.07) is 13.5. The summed E-state index contributed by atoms with van der Waals surface area (Å²) in [7, 11) is 6.09. The van der Waals surface area contributed by atoms with Gasteiger partial charge >= 0.3 is 18.1 Å². The zero-order valence-corrected chi connectivity index (χ0v) is 69.3. The van der Waals surface area contributed by atoms with Crippen molar-refractivity contribution in [3.05, 3.63) is 101 Å². The number of urea groups is 1. The number of likely N-dealkylation sites (tertiary alicyclic amines) is 1. The molecule has 1 heterocycles. The number of nitrogens with one attached hydrogen (secondary N) is 6. The van der Waals surface area contributed by atoms with E-state index in [0.29, 0.717) is 58.9 Å². The highest BCUT2D eigenvalue weighted by Crippen LogP contribution is 2.33. The zero-order valence-electron chi connectivity index (χ0n) is 67.6. The molecule has 3 aromatic carbocycles. The van der Waals surface area contributed by atoms with Gasteiger partial charge in [-0.2, -0.15) is 23.5 Å². The van der Waals surface area contributed by atoms with Crippen molar-refractivity contribution in [2.75, 3.05) is 58.2 Å². The number of nitrogens with zero attached hydrogens (tertiary/aromatic N) is 3. The van der Waals surface area contributed by atoms with Crippen molar-refractivity contribution in [1.29, 1.82) is 0 Å². The first-order valence-electron chi connectivity index (χ1n) is 38.4. The van der Waals surface area contributed by atoms with Crippen LogP contribution in [0.1, 0.15) is 193 Å². The molecule has 13 atom stereocenters. The highest BCUT2D eigenvalue weighted by atomic mass is 32.2. The maximum atomic E-state index is 14.9. The first-order chi connectivity index (χ1) is 51.9. The first kappa shape index (κ1) is 94.3. The quantitative estimate of drug-likeness (QED) is 0.0188. The number of carboxylic acid groups (broad SMARTS) is 1. The van der Waals surface area contributed by atoms with Gasteiger partial charge in [-0.15, -0.1) is 0 Å². The number of amides is 10. The van der Waals surface area contributed by atoms with Gasteiger partial charge in [0.15, 0.2) is 5.78 Å². The molecule has 0 aromatic heterocycles. The van der Waals surface area contributed by atoms with E-state index in [2.05, 4.69) is 59.6 Å².